The SMILES string of the molecule is CCC1CN(CC(O)c2ccccc2OC)CCN1C. The predicted octanol–water partition coefficient (Wildman–Crippen LogP) is 1.75. The van der Waals surface area contributed by atoms with Crippen LogP contribution in [0.3, 0.4) is 0 Å². The van der Waals surface area contributed by atoms with E-state index in [0.717, 1.165) is 37.4 Å². The van der Waals surface area contributed by atoms with Gasteiger partial charge in [0.2, 0.25) is 0 Å². The largest absolute Gasteiger partial charge is 0.496 e. The van der Waals surface area contributed by atoms with E-state index in [2.05, 4.69) is 23.8 Å². The number of rotatable bonds is 5. The van der Waals surface area contributed by atoms with Crippen molar-refractivity contribution < 1.29 is 9.84 Å². The van der Waals surface area contributed by atoms with E-state index < -0.39 is 6.10 Å². The summed E-state index contributed by atoms with van der Waals surface area (Å²) in [7, 11) is 3.83. The molecule has 2 rings (SSSR count). The number of aliphatic hydroxyl groups is 1. The van der Waals surface area contributed by atoms with Crippen LogP contribution in [0.5, 0.6) is 5.75 Å². The quantitative estimate of drug-likeness (QED) is 0.890. The van der Waals surface area contributed by atoms with Gasteiger partial charge in [-0.1, -0.05) is 25.1 Å². The third-order valence-electron chi connectivity index (χ3n) is 4.26. The molecule has 0 amide bonds. The van der Waals surface area contributed by atoms with E-state index in [0.29, 0.717) is 12.6 Å². The molecule has 0 aliphatic carbocycles. The Morgan fingerprint density at radius 2 is 2.10 bits per heavy atom. The molecule has 1 heterocycles. The summed E-state index contributed by atoms with van der Waals surface area (Å²) in [6.07, 6.45) is 0.657. The highest BCUT2D eigenvalue weighted by Crippen LogP contribution is 2.26. The molecule has 1 aromatic carbocycles. The van der Waals surface area contributed by atoms with Crippen LogP contribution in [-0.4, -0.2) is 61.3 Å². The normalized spacial score (nSPS) is 22.7. The number of methoxy groups -OCH3 is 1. The number of hydrogen-bond acceptors (Lipinski definition) is 4. The molecule has 0 saturated carbocycles. The van der Waals surface area contributed by atoms with Crippen LogP contribution in [-0.2, 0) is 0 Å². The number of nitrogens with zero attached hydrogens (tertiary/aromatic N) is 2. The van der Waals surface area contributed by atoms with E-state index in [1.807, 2.05) is 24.3 Å². The van der Waals surface area contributed by atoms with Gasteiger partial charge in [-0.05, 0) is 19.5 Å². The van der Waals surface area contributed by atoms with Crippen LogP contribution >= 0.6 is 0 Å². The third-order valence-corrected chi connectivity index (χ3v) is 4.26. The molecule has 1 N–H and O–H groups in total. The van der Waals surface area contributed by atoms with Crippen LogP contribution in [0, 0.1) is 0 Å². The molecular formula is C16H26N2O2. The molecule has 1 aromatic rings. The van der Waals surface area contributed by atoms with Crippen molar-refractivity contribution in [3.05, 3.63) is 29.8 Å². The maximum Gasteiger partial charge on any atom is 0.124 e. The fourth-order valence-corrected chi connectivity index (χ4v) is 2.90. The first-order chi connectivity index (χ1) is 9.65. The second-order valence-electron chi connectivity index (χ2n) is 5.56. The fourth-order valence-electron chi connectivity index (χ4n) is 2.90. The lowest BCUT2D eigenvalue weighted by Gasteiger charge is -2.39. The van der Waals surface area contributed by atoms with Gasteiger partial charge in [-0.3, -0.25) is 4.90 Å². The van der Waals surface area contributed by atoms with E-state index in [1.165, 1.54) is 0 Å². The van der Waals surface area contributed by atoms with Crippen molar-refractivity contribution in [3.8, 4) is 5.75 Å². The summed E-state index contributed by atoms with van der Waals surface area (Å²) in [4.78, 5) is 4.76. The van der Waals surface area contributed by atoms with Gasteiger partial charge in [0.15, 0.2) is 0 Å². The van der Waals surface area contributed by atoms with E-state index in [9.17, 15) is 5.11 Å². The van der Waals surface area contributed by atoms with Crippen LogP contribution in [0.15, 0.2) is 24.3 Å². The Morgan fingerprint density at radius 1 is 1.35 bits per heavy atom. The molecule has 112 valence electrons. The lowest BCUT2D eigenvalue weighted by molar-refractivity contribution is 0.0494. The van der Waals surface area contributed by atoms with Crippen molar-refractivity contribution in [1.82, 2.24) is 9.80 Å². The number of aliphatic hydroxyl groups excluding tert-OH is 1. The summed E-state index contributed by atoms with van der Waals surface area (Å²) in [6, 6.07) is 8.31. The van der Waals surface area contributed by atoms with Gasteiger partial charge in [0, 0.05) is 37.8 Å². The van der Waals surface area contributed by atoms with Crippen LogP contribution in [0.1, 0.15) is 25.0 Å². The highest BCUT2D eigenvalue weighted by molar-refractivity contribution is 5.35. The Hall–Kier alpha value is -1.10. The minimum absolute atomic E-state index is 0.493. The van der Waals surface area contributed by atoms with Gasteiger partial charge in [-0.15, -0.1) is 0 Å². The zero-order valence-corrected chi connectivity index (χ0v) is 12.7. The Morgan fingerprint density at radius 3 is 2.80 bits per heavy atom. The van der Waals surface area contributed by atoms with Gasteiger partial charge in [-0.2, -0.15) is 0 Å². The fraction of sp³-hybridized carbons (Fsp3) is 0.625. The van der Waals surface area contributed by atoms with Gasteiger partial charge in [-0.25, -0.2) is 0 Å². The molecule has 2 atom stereocenters. The minimum Gasteiger partial charge on any atom is -0.496 e. The smallest absolute Gasteiger partial charge is 0.124 e. The number of likely N-dealkylation sites (N-methyl/N-ethyl adjacent to an activating group) is 1. The molecule has 4 heteroatoms. The highest BCUT2D eigenvalue weighted by Gasteiger charge is 2.25. The number of benzene rings is 1. The summed E-state index contributed by atoms with van der Waals surface area (Å²) in [5, 5.41) is 10.5. The van der Waals surface area contributed by atoms with Crippen LogP contribution in [0.2, 0.25) is 0 Å². The minimum atomic E-state index is -0.493. The lowest BCUT2D eigenvalue weighted by atomic mass is 10.1. The van der Waals surface area contributed by atoms with Gasteiger partial charge in [0.05, 0.1) is 13.2 Å². The van der Waals surface area contributed by atoms with Crippen molar-refractivity contribution >= 4 is 0 Å². The monoisotopic (exact) mass is 278 g/mol. The predicted molar refractivity (Wildman–Crippen MR) is 81.1 cm³/mol. The van der Waals surface area contributed by atoms with Crippen molar-refractivity contribution in [2.24, 2.45) is 0 Å². The highest BCUT2D eigenvalue weighted by atomic mass is 16.5. The Balaban J connectivity index is 1.99. The molecule has 2 unspecified atom stereocenters. The lowest BCUT2D eigenvalue weighted by Crippen LogP contribution is -2.51. The van der Waals surface area contributed by atoms with Gasteiger partial charge >= 0.3 is 0 Å². The van der Waals surface area contributed by atoms with Crippen molar-refractivity contribution in [3.63, 3.8) is 0 Å². The molecule has 4 nitrogen and oxygen atoms in total. The molecule has 0 bridgehead atoms. The van der Waals surface area contributed by atoms with Gasteiger partial charge < -0.3 is 14.7 Å². The first-order valence-electron chi connectivity index (χ1n) is 7.39. The molecule has 0 spiro atoms. The van der Waals surface area contributed by atoms with Crippen LogP contribution < -0.4 is 4.74 Å². The first-order valence-corrected chi connectivity index (χ1v) is 7.39. The second kappa shape index (κ2) is 7.07. The molecule has 20 heavy (non-hydrogen) atoms. The van der Waals surface area contributed by atoms with E-state index in [1.54, 1.807) is 7.11 Å². The van der Waals surface area contributed by atoms with Crippen molar-refractivity contribution in [2.45, 2.75) is 25.5 Å². The van der Waals surface area contributed by atoms with Crippen molar-refractivity contribution in [2.75, 3.05) is 40.3 Å². The summed E-state index contributed by atoms with van der Waals surface area (Å²) in [6.45, 7) is 6.00. The topological polar surface area (TPSA) is 35.9 Å². The average Bonchev–Trinajstić information content (AvgIpc) is 2.49. The Bertz CT molecular complexity index is 425. The zero-order valence-electron chi connectivity index (χ0n) is 12.7. The summed E-state index contributed by atoms with van der Waals surface area (Å²) in [5.74, 6) is 0.765. The summed E-state index contributed by atoms with van der Waals surface area (Å²) < 4.78 is 5.33. The van der Waals surface area contributed by atoms with E-state index >= 15 is 0 Å². The van der Waals surface area contributed by atoms with E-state index in [-0.39, 0.29) is 0 Å². The first kappa shape index (κ1) is 15.3. The zero-order chi connectivity index (χ0) is 14.5. The Labute approximate surface area is 122 Å². The average molecular weight is 278 g/mol. The third kappa shape index (κ3) is 3.51. The second-order valence-corrected chi connectivity index (χ2v) is 5.56. The number of β-amino-alcohol motifs (C(OH)–C–C–N with tert-alkyl or cyclic N) is 1. The van der Waals surface area contributed by atoms with Crippen molar-refractivity contribution in [1.29, 1.82) is 0 Å². The Kier molecular flexibility index (Phi) is 5.40. The molecule has 1 aliphatic rings. The molecule has 1 saturated heterocycles. The molecule has 1 aliphatic heterocycles. The maximum atomic E-state index is 10.5. The standard InChI is InChI=1S/C16H26N2O2/c1-4-13-11-18(10-9-17(13)2)12-15(19)14-7-5-6-8-16(14)20-3/h5-8,13,15,19H,4,9-12H2,1-3H3. The maximum absolute atomic E-state index is 10.5. The molecule has 1 fully saturated rings. The van der Waals surface area contributed by atoms with E-state index in [4.69, 9.17) is 4.74 Å². The van der Waals surface area contributed by atoms with Crippen LogP contribution in [0.4, 0.5) is 0 Å². The van der Waals surface area contributed by atoms with Gasteiger partial charge in [0.1, 0.15) is 5.75 Å². The number of piperazine rings is 1. The number of hydrogen-bond donors (Lipinski definition) is 1. The molecular weight excluding hydrogens is 252 g/mol. The molecule has 0 aromatic heterocycles. The summed E-state index contributed by atoms with van der Waals surface area (Å²) >= 11 is 0. The summed E-state index contributed by atoms with van der Waals surface area (Å²) in [5.41, 5.74) is 0.877. The van der Waals surface area contributed by atoms with Gasteiger partial charge in [0.25, 0.3) is 0 Å². The number of ether oxygens (including phenoxy) is 1. The van der Waals surface area contributed by atoms with Crippen LogP contribution in [0.25, 0.3) is 0 Å². The molecule has 0 radical (unpaired) electrons. The number of para-hydroxylation sites is 1.